The van der Waals surface area contributed by atoms with E-state index in [1.807, 2.05) is 0 Å². The van der Waals surface area contributed by atoms with Crippen LogP contribution in [0.5, 0.6) is 0 Å². The fourth-order valence-electron chi connectivity index (χ4n) is 2.78. The summed E-state index contributed by atoms with van der Waals surface area (Å²) in [5.74, 6) is -0.0390. The quantitative estimate of drug-likeness (QED) is 0.846. The zero-order valence-electron chi connectivity index (χ0n) is 10.2. The third-order valence-corrected chi connectivity index (χ3v) is 4.08. The number of nitrogens with zero attached hydrogens (tertiary/aromatic N) is 2. The Morgan fingerprint density at radius 1 is 1.50 bits per heavy atom. The van der Waals surface area contributed by atoms with Crippen LogP contribution in [-0.4, -0.2) is 30.7 Å². The number of nitrogens with one attached hydrogen (secondary N) is 1. The molecule has 1 saturated heterocycles. The molecule has 3 nitrogen and oxygen atoms in total. The van der Waals surface area contributed by atoms with Crippen LogP contribution in [0, 0.1) is 11.7 Å². The molecule has 2 atom stereocenters. The number of fused-ring (bicyclic) bond motifs is 1. The molecule has 0 aliphatic carbocycles. The van der Waals surface area contributed by atoms with Crippen molar-refractivity contribution in [2.75, 3.05) is 20.1 Å². The van der Waals surface area contributed by atoms with Crippen LogP contribution in [0.25, 0.3) is 0 Å². The van der Waals surface area contributed by atoms with E-state index in [9.17, 15) is 4.39 Å². The summed E-state index contributed by atoms with van der Waals surface area (Å²) in [6.45, 7) is 1.90. The lowest BCUT2D eigenvalue weighted by Crippen LogP contribution is -2.40. The molecule has 18 heavy (non-hydrogen) atoms. The molecule has 0 spiro atoms. The first kappa shape index (κ1) is 11.9. The summed E-state index contributed by atoms with van der Waals surface area (Å²) in [4.78, 5) is 2.25. The van der Waals surface area contributed by atoms with Gasteiger partial charge in [0.15, 0.2) is 0 Å². The van der Waals surface area contributed by atoms with Crippen molar-refractivity contribution in [2.24, 2.45) is 11.0 Å². The predicted molar refractivity (Wildman–Crippen MR) is 70.3 cm³/mol. The Balaban J connectivity index is 1.94. The maximum absolute atomic E-state index is 14.0. The number of halogens is 2. The van der Waals surface area contributed by atoms with Gasteiger partial charge in [-0.2, -0.15) is 5.10 Å². The molecule has 1 fully saturated rings. The first-order chi connectivity index (χ1) is 8.66. The zero-order chi connectivity index (χ0) is 12.7. The lowest BCUT2D eigenvalue weighted by atomic mass is 9.86. The van der Waals surface area contributed by atoms with E-state index < -0.39 is 0 Å². The number of likely N-dealkylation sites (tertiary alicyclic amines) is 1. The van der Waals surface area contributed by atoms with Crippen LogP contribution in [0.15, 0.2) is 23.3 Å². The SMILES string of the molecule is CN1CCC2=NNC(c3c(F)cccc3Cl)C2C1. The molecule has 0 amide bonds. The van der Waals surface area contributed by atoms with Gasteiger partial charge in [-0.3, -0.25) is 0 Å². The Bertz CT molecular complexity index is 483. The van der Waals surface area contributed by atoms with Crippen molar-refractivity contribution in [1.29, 1.82) is 0 Å². The lowest BCUT2D eigenvalue weighted by molar-refractivity contribution is 0.271. The van der Waals surface area contributed by atoms with E-state index in [1.54, 1.807) is 12.1 Å². The van der Waals surface area contributed by atoms with Crippen LogP contribution < -0.4 is 5.43 Å². The van der Waals surface area contributed by atoms with Gasteiger partial charge in [0.25, 0.3) is 0 Å². The average Bonchev–Trinajstić information content (AvgIpc) is 2.72. The normalized spacial score (nSPS) is 27.6. The molecule has 2 heterocycles. The fourth-order valence-corrected chi connectivity index (χ4v) is 3.06. The molecular formula is C13H15ClFN3. The molecule has 0 saturated carbocycles. The van der Waals surface area contributed by atoms with Gasteiger partial charge in [0, 0.05) is 41.7 Å². The van der Waals surface area contributed by atoms with Crippen molar-refractivity contribution in [3.05, 3.63) is 34.6 Å². The smallest absolute Gasteiger partial charge is 0.130 e. The lowest BCUT2D eigenvalue weighted by Gasteiger charge is -2.31. The first-order valence-corrected chi connectivity index (χ1v) is 6.49. The second-order valence-electron chi connectivity index (χ2n) is 4.96. The maximum Gasteiger partial charge on any atom is 0.130 e. The van der Waals surface area contributed by atoms with E-state index in [2.05, 4.69) is 22.5 Å². The molecule has 2 aliphatic rings. The molecule has 3 rings (SSSR count). The fraction of sp³-hybridized carbons (Fsp3) is 0.462. The third-order valence-electron chi connectivity index (χ3n) is 3.75. The molecule has 0 bridgehead atoms. The van der Waals surface area contributed by atoms with Gasteiger partial charge in [-0.05, 0) is 19.2 Å². The van der Waals surface area contributed by atoms with Gasteiger partial charge in [0.2, 0.25) is 0 Å². The summed E-state index contributed by atoms with van der Waals surface area (Å²) in [5.41, 5.74) is 4.73. The van der Waals surface area contributed by atoms with Gasteiger partial charge in [-0.15, -0.1) is 0 Å². The van der Waals surface area contributed by atoms with Crippen LogP contribution >= 0.6 is 11.6 Å². The standard InChI is InChI=1S/C13H15ClFN3/c1-18-6-5-11-8(7-18)13(17-16-11)12-9(14)3-2-4-10(12)15/h2-4,8,13,17H,5-7H2,1H3. The summed E-state index contributed by atoms with van der Waals surface area (Å²) in [5, 5.41) is 4.82. The highest BCUT2D eigenvalue weighted by Crippen LogP contribution is 2.36. The molecule has 0 radical (unpaired) electrons. The number of hydrogen-bond acceptors (Lipinski definition) is 3. The van der Waals surface area contributed by atoms with Crippen LogP contribution in [-0.2, 0) is 0 Å². The second-order valence-corrected chi connectivity index (χ2v) is 5.37. The van der Waals surface area contributed by atoms with Crippen LogP contribution in [0.3, 0.4) is 0 Å². The molecule has 1 aromatic rings. The summed E-state index contributed by atoms with van der Waals surface area (Å²) in [7, 11) is 2.08. The molecule has 1 aromatic carbocycles. The van der Waals surface area contributed by atoms with E-state index in [0.717, 1.165) is 25.2 Å². The van der Waals surface area contributed by atoms with E-state index in [0.29, 0.717) is 10.6 Å². The minimum absolute atomic E-state index is 0.142. The minimum Gasteiger partial charge on any atom is -0.305 e. The zero-order valence-corrected chi connectivity index (χ0v) is 10.9. The molecule has 2 aliphatic heterocycles. The van der Waals surface area contributed by atoms with Gasteiger partial charge < -0.3 is 10.3 Å². The average molecular weight is 268 g/mol. The van der Waals surface area contributed by atoms with Crippen molar-refractivity contribution in [3.63, 3.8) is 0 Å². The molecule has 2 unspecified atom stereocenters. The van der Waals surface area contributed by atoms with Gasteiger partial charge in [-0.25, -0.2) is 4.39 Å². The highest BCUT2D eigenvalue weighted by atomic mass is 35.5. The topological polar surface area (TPSA) is 27.6 Å². The Hall–Kier alpha value is -1.13. The van der Waals surface area contributed by atoms with E-state index in [4.69, 9.17) is 11.6 Å². The molecule has 1 N–H and O–H groups in total. The number of piperidine rings is 1. The van der Waals surface area contributed by atoms with Gasteiger partial charge in [0.1, 0.15) is 5.82 Å². The van der Waals surface area contributed by atoms with Crippen LogP contribution in [0.4, 0.5) is 4.39 Å². The Morgan fingerprint density at radius 2 is 2.33 bits per heavy atom. The Morgan fingerprint density at radius 3 is 3.11 bits per heavy atom. The Labute approximate surface area is 111 Å². The highest BCUT2D eigenvalue weighted by molar-refractivity contribution is 6.31. The molecule has 96 valence electrons. The highest BCUT2D eigenvalue weighted by Gasteiger charge is 2.38. The van der Waals surface area contributed by atoms with Crippen molar-refractivity contribution in [2.45, 2.75) is 12.5 Å². The number of hydrazone groups is 1. The second kappa shape index (κ2) is 4.52. The third kappa shape index (κ3) is 1.89. The number of hydrogen-bond donors (Lipinski definition) is 1. The first-order valence-electron chi connectivity index (χ1n) is 6.11. The molecule has 5 heteroatoms. The number of benzene rings is 1. The van der Waals surface area contributed by atoms with E-state index in [-0.39, 0.29) is 17.8 Å². The predicted octanol–water partition coefficient (Wildman–Crippen LogP) is 2.43. The monoisotopic (exact) mass is 267 g/mol. The summed E-state index contributed by atoms with van der Waals surface area (Å²) >= 11 is 6.13. The molecular weight excluding hydrogens is 253 g/mol. The van der Waals surface area contributed by atoms with Crippen molar-refractivity contribution >= 4 is 17.3 Å². The van der Waals surface area contributed by atoms with E-state index >= 15 is 0 Å². The largest absolute Gasteiger partial charge is 0.305 e. The van der Waals surface area contributed by atoms with E-state index in [1.165, 1.54) is 6.07 Å². The van der Waals surface area contributed by atoms with Gasteiger partial charge in [0.05, 0.1) is 6.04 Å². The van der Waals surface area contributed by atoms with Crippen molar-refractivity contribution in [1.82, 2.24) is 10.3 Å². The van der Waals surface area contributed by atoms with Crippen molar-refractivity contribution in [3.8, 4) is 0 Å². The van der Waals surface area contributed by atoms with Gasteiger partial charge in [-0.1, -0.05) is 17.7 Å². The maximum atomic E-state index is 14.0. The van der Waals surface area contributed by atoms with Crippen LogP contribution in [0.1, 0.15) is 18.0 Å². The molecule has 0 aromatic heterocycles. The Kier molecular flexibility index (Phi) is 2.99. The minimum atomic E-state index is -0.260. The summed E-state index contributed by atoms with van der Waals surface area (Å²) in [6.07, 6.45) is 0.941. The van der Waals surface area contributed by atoms with Gasteiger partial charge >= 0.3 is 0 Å². The summed E-state index contributed by atoms with van der Waals surface area (Å²) in [6, 6.07) is 4.67. The number of rotatable bonds is 1. The van der Waals surface area contributed by atoms with Crippen LogP contribution in [0.2, 0.25) is 5.02 Å². The van der Waals surface area contributed by atoms with Crippen molar-refractivity contribution < 1.29 is 4.39 Å². The summed E-state index contributed by atoms with van der Waals surface area (Å²) < 4.78 is 14.0.